The molecular formula is C17H26N4O2. The van der Waals surface area contributed by atoms with E-state index in [2.05, 4.69) is 15.5 Å². The van der Waals surface area contributed by atoms with Crippen molar-refractivity contribution in [3.63, 3.8) is 0 Å². The molecule has 1 saturated heterocycles. The quantitative estimate of drug-likeness (QED) is 0.886. The van der Waals surface area contributed by atoms with Crippen LogP contribution < -0.4 is 10.6 Å². The van der Waals surface area contributed by atoms with E-state index in [-0.39, 0.29) is 17.9 Å². The van der Waals surface area contributed by atoms with Crippen LogP contribution in [0.4, 0.5) is 10.5 Å². The second-order valence-corrected chi connectivity index (χ2v) is 6.31. The van der Waals surface area contributed by atoms with Crippen LogP contribution in [0.1, 0.15) is 13.8 Å². The molecule has 6 heteroatoms. The highest BCUT2D eigenvalue weighted by molar-refractivity contribution is 5.93. The average Bonchev–Trinajstić information content (AvgIpc) is 2.53. The first-order valence-electron chi connectivity index (χ1n) is 8.07. The molecule has 0 radical (unpaired) electrons. The van der Waals surface area contributed by atoms with Gasteiger partial charge in [0.1, 0.15) is 6.04 Å². The molecule has 1 aliphatic heterocycles. The van der Waals surface area contributed by atoms with Gasteiger partial charge in [0.05, 0.1) is 0 Å². The summed E-state index contributed by atoms with van der Waals surface area (Å²) in [6, 6.07) is 8.35. The summed E-state index contributed by atoms with van der Waals surface area (Å²) in [5.41, 5.74) is 0.708. The summed E-state index contributed by atoms with van der Waals surface area (Å²) in [5, 5.41) is 5.58. The van der Waals surface area contributed by atoms with Crippen molar-refractivity contribution in [1.29, 1.82) is 0 Å². The molecule has 0 bridgehead atoms. The Bertz CT molecular complexity index is 525. The summed E-state index contributed by atoms with van der Waals surface area (Å²) in [7, 11) is 2.05. The van der Waals surface area contributed by atoms with Crippen molar-refractivity contribution >= 4 is 17.6 Å². The van der Waals surface area contributed by atoms with E-state index in [1.807, 2.05) is 56.1 Å². The van der Waals surface area contributed by atoms with Gasteiger partial charge in [-0.15, -0.1) is 0 Å². The zero-order chi connectivity index (χ0) is 16.8. The maximum atomic E-state index is 12.7. The maximum Gasteiger partial charge on any atom is 0.319 e. The fraction of sp³-hybridized carbons (Fsp3) is 0.529. The Labute approximate surface area is 137 Å². The molecule has 0 aliphatic carbocycles. The van der Waals surface area contributed by atoms with Gasteiger partial charge < -0.3 is 20.4 Å². The van der Waals surface area contributed by atoms with Crippen LogP contribution in [0.2, 0.25) is 0 Å². The minimum absolute atomic E-state index is 0.00342. The lowest BCUT2D eigenvalue weighted by Gasteiger charge is -2.35. The van der Waals surface area contributed by atoms with E-state index in [4.69, 9.17) is 0 Å². The van der Waals surface area contributed by atoms with Crippen molar-refractivity contribution in [2.45, 2.75) is 19.9 Å². The van der Waals surface area contributed by atoms with Gasteiger partial charge >= 0.3 is 6.03 Å². The molecule has 1 aromatic rings. The first kappa shape index (κ1) is 17.3. The molecule has 0 aromatic heterocycles. The summed E-state index contributed by atoms with van der Waals surface area (Å²) in [6.45, 7) is 7.05. The number of carbonyl (C=O) groups excluding carboxylic acids is 2. The number of amides is 3. The number of likely N-dealkylation sites (N-methyl/N-ethyl adjacent to an activating group) is 1. The fourth-order valence-electron chi connectivity index (χ4n) is 2.57. The average molecular weight is 318 g/mol. The van der Waals surface area contributed by atoms with Crippen LogP contribution in [0.15, 0.2) is 30.3 Å². The number of nitrogens with one attached hydrogen (secondary N) is 2. The highest BCUT2D eigenvalue weighted by Gasteiger charge is 2.30. The van der Waals surface area contributed by atoms with Gasteiger partial charge in [-0.05, 0) is 25.1 Å². The zero-order valence-electron chi connectivity index (χ0n) is 14.1. The second kappa shape index (κ2) is 7.97. The molecule has 1 atom stereocenters. The molecular weight excluding hydrogens is 292 g/mol. The Morgan fingerprint density at radius 3 is 2.22 bits per heavy atom. The summed E-state index contributed by atoms with van der Waals surface area (Å²) in [5.74, 6) is 0.0278. The Kier molecular flexibility index (Phi) is 5.98. The Morgan fingerprint density at radius 2 is 1.65 bits per heavy atom. The molecule has 1 aromatic carbocycles. The summed E-state index contributed by atoms with van der Waals surface area (Å²) >= 11 is 0. The van der Waals surface area contributed by atoms with E-state index in [1.54, 1.807) is 0 Å². The van der Waals surface area contributed by atoms with Crippen LogP contribution in [-0.4, -0.2) is 61.0 Å². The highest BCUT2D eigenvalue weighted by Crippen LogP contribution is 2.10. The van der Waals surface area contributed by atoms with Crippen molar-refractivity contribution < 1.29 is 9.59 Å². The van der Waals surface area contributed by atoms with Crippen LogP contribution in [0.25, 0.3) is 0 Å². The molecule has 0 spiro atoms. The molecule has 2 N–H and O–H groups in total. The number of nitrogens with zero attached hydrogens (tertiary/aromatic N) is 2. The number of rotatable bonds is 4. The Morgan fingerprint density at radius 1 is 1.04 bits per heavy atom. The molecule has 1 aliphatic rings. The Balaban J connectivity index is 1.95. The molecule has 0 saturated carbocycles. The second-order valence-electron chi connectivity index (χ2n) is 6.31. The van der Waals surface area contributed by atoms with Crippen LogP contribution in [-0.2, 0) is 4.79 Å². The monoisotopic (exact) mass is 318 g/mol. The maximum absolute atomic E-state index is 12.7. The number of benzene rings is 1. The van der Waals surface area contributed by atoms with Gasteiger partial charge in [0.15, 0.2) is 0 Å². The van der Waals surface area contributed by atoms with Gasteiger partial charge in [-0.1, -0.05) is 32.0 Å². The topological polar surface area (TPSA) is 64.7 Å². The van der Waals surface area contributed by atoms with Gasteiger partial charge in [0.2, 0.25) is 5.91 Å². The summed E-state index contributed by atoms with van der Waals surface area (Å²) < 4.78 is 0. The van der Waals surface area contributed by atoms with Gasteiger partial charge in [0, 0.05) is 31.9 Å². The number of carbonyl (C=O) groups is 2. The van der Waals surface area contributed by atoms with Crippen LogP contribution in [0, 0.1) is 5.92 Å². The minimum atomic E-state index is -0.512. The number of hydrogen-bond acceptors (Lipinski definition) is 3. The zero-order valence-corrected chi connectivity index (χ0v) is 14.1. The van der Waals surface area contributed by atoms with Crippen LogP contribution >= 0.6 is 0 Å². The third-order valence-electron chi connectivity index (χ3n) is 4.07. The summed E-state index contributed by atoms with van der Waals surface area (Å²) in [6.07, 6.45) is 0. The Hall–Kier alpha value is -2.08. The minimum Gasteiger partial charge on any atom is -0.338 e. The fourth-order valence-corrected chi connectivity index (χ4v) is 2.57. The normalized spacial score (nSPS) is 17.0. The van der Waals surface area contributed by atoms with Crippen LogP contribution in [0.3, 0.4) is 0 Å². The first-order chi connectivity index (χ1) is 11.0. The number of anilines is 1. The molecule has 0 unspecified atom stereocenters. The predicted octanol–water partition coefficient (Wildman–Crippen LogP) is 1.61. The molecule has 1 fully saturated rings. The molecule has 23 heavy (non-hydrogen) atoms. The lowest BCUT2D eigenvalue weighted by molar-refractivity contribution is -0.135. The predicted molar refractivity (Wildman–Crippen MR) is 91.3 cm³/mol. The van der Waals surface area contributed by atoms with Gasteiger partial charge in [-0.2, -0.15) is 0 Å². The first-order valence-corrected chi connectivity index (χ1v) is 8.07. The van der Waals surface area contributed by atoms with Gasteiger partial charge in [-0.25, -0.2) is 4.79 Å². The number of urea groups is 1. The lowest BCUT2D eigenvalue weighted by atomic mass is 10.0. The number of para-hydroxylation sites is 1. The standard InChI is InChI=1S/C17H26N4O2/c1-13(2)15(16(22)21-11-9-20(3)10-12-21)19-17(23)18-14-7-5-4-6-8-14/h4-8,13,15H,9-12H2,1-3H3,(H2,18,19,23)/t15-/m1/s1. The molecule has 6 nitrogen and oxygen atoms in total. The lowest BCUT2D eigenvalue weighted by Crippen LogP contribution is -2.56. The third-order valence-corrected chi connectivity index (χ3v) is 4.07. The molecule has 3 amide bonds. The smallest absolute Gasteiger partial charge is 0.319 e. The molecule has 126 valence electrons. The SMILES string of the molecule is CC(C)[C@@H](NC(=O)Nc1ccccc1)C(=O)N1CCN(C)CC1. The highest BCUT2D eigenvalue weighted by atomic mass is 16.2. The van der Waals surface area contributed by atoms with Crippen molar-refractivity contribution in [1.82, 2.24) is 15.1 Å². The van der Waals surface area contributed by atoms with Crippen molar-refractivity contribution in [3.8, 4) is 0 Å². The van der Waals surface area contributed by atoms with E-state index in [0.29, 0.717) is 18.8 Å². The van der Waals surface area contributed by atoms with E-state index < -0.39 is 6.04 Å². The third kappa shape index (κ3) is 4.96. The van der Waals surface area contributed by atoms with Crippen molar-refractivity contribution in [2.24, 2.45) is 5.92 Å². The largest absolute Gasteiger partial charge is 0.338 e. The van der Waals surface area contributed by atoms with Crippen molar-refractivity contribution in [2.75, 3.05) is 38.5 Å². The van der Waals surface area contributed by atoms with Gasteiger partial charge in [-0.3, -0.25) is 4.79 Å². The molecule has 2 rings (SSSR count). The van der Waals surface area contributed by atoms with E-state index in [9.17, 15) is 9.59 Å². The van der Waals surface area contributed by atoms with Gasteiger partial charge in [0.25, 0.3) is 0 Å². The van der Waals surface area contributed by atoms with Crippen molar-refractivity contribution in [3.05, 3.63) is 30.3 Å². The van der Waals surface area contributed by atoms with Crippen LogP contribution in [0.5, 0.6) is 0 Å². The number of piperazine rings is 1. The van der Waals surface area contributed by atoms with E-state index in [1.165, 1.54) is 0 Å². The molecule has 1 heterocycles. The summed E-state index contributed by atoms with van der Waals surface area (Å²) in [4.78, 5) is 28.9. The van der Waals surface area contributed by atoms with E-state index >= 15 is 0 Å². The van der Waals surface area contributed by atoms with E-state index in [0.717, 1.165) is 13.1 Å². The number of hydrogen-bond donors (Lipinski definition) is 2.